The number of nitrogens with one attached hydrogen (secondary N) is 1. The predicted molar refractivity (Wildman–Crippen MR) is 85.5 cm³/mol. The van der Waals surface area contributed by atoms with Gasteiger partial charge in [-0.05, 0) is 31.5 Å². The molecule has 124 valence electrons. The van der Waals surface area contributed by atoms with E-state index in [1.807, 2.05) is 11.6 Å². The van der Waals surface area contributed by atoms with Gasteiger partial charge in [0.1, 0.15) is 11.6 Å². The van der Waals surface area contributed by atoms with Gasteiger partial charge in [-0.2, -0.15) is 0 Å². The molecular weight excluding hydrogens is 316 g/mol. The van der Waals surface area contributed by atoms with E-state index in [9.17, 15) is 4.79 Å². The van der Waals surface area contributed by atoms with Gasteiger partial charge in [-0.25, -0.2) is 4.79 Å². The molecule has 0 aromatic carbocycles. The van der Waals surface area contributed by atoms with Crippen molar-refractivity contribution in [3.63, 3.8) is 0 Å². The molecule has 1 fully saturated rings. The van der Waals surface area contributed by atoms with Crippen molar-refractivity contribution in [3.05, 3.63) is 29.5 Å². The highest BCUT2D eigenvalue weighted by atomic mass is 32.2. The summed E-state index contributed by atoms with van der Waals surface area (Å²) in [5, 5.41) is 12.9. The van der Waals surface area contributed by atoms with Crippen molar-refractivity contribution in [2.75, 3.05) is 20.2 Å². The molecule has 1 unspecified atom stereocenters. The lowest BCUT2D eigenvalue weighted by atomic mass is 9.99. The quantitative estimate of drug-likeness (QED) is 0.660. The van der Waals surface area contributed by atoms with Crippen molar-refractivity contribution in [1.29, 1.82) is 0 Å². The summed E-state index contributed by atoms with van der Waals surface area (Å²) in [6.07, 6.45) is 2.31. The Bertz CT molecular complexity index is 676. The second-order valence-electron chi connectivity index (χ2n) is 5.49. The molecule has 2 aromatic heterocycles. The van der Waals surface area contributed by atoms with Crippen molar-refractivity contribution in [3.8, 4) is 0 Å². The monoisotopic (exact) mass is 336 g/mol. The second-order valence-corrected chi connectivity index (χ2v) is 6.43. The van der Waals surface area contributed by atoms with E-state index in [1.54, 1.807) is 23.9 Å². The van der Waals surface area contributed by atoms with Crippen molar-refractivity contribution in [2.45, 2.75) is 29.7 Å². The Labute approximate surface area is 138 Å². The number of carbonyl (C=O) groups excluding carboxylic acids is 1. The summed E-state index contributed by atoms with van der Waals surface area (Å²) in [4.78, 5) is 11.4. The molecule has 0 aliphatic carbocycles. The molecule has 0 saturated carbocycles. The number of methoxy groups -OCH3 is 1. The van der Waals surface area contributed by atoms with E-state index in [0.717, 1.165) is 30.5 Å². The van der Waals surface area contributed by atoms with Gasteiger partial charge in [0, 0.05) is 19.5 Å². The molecule has 1 N–H and O–H groups in total. The number of rotatable bonds is 5. The summed E-state index contributed by atoms with van der Waals surface area (Å²) in [7, 11) is 3.33. The highest BCUT2D eigenvalue weighted by Crippen LogP contribution is 2.27. The molecule has 0 amide bonds. The van der Waals surface area contributed by atoms with Crippen LogP contribution in [-0.4, -0.2) is 40.9 Å². The Kier molecular flexibility index (Phi) is 5.02. The molecular formula is C15H20N4O3S. The van der Waals surface area contributed by atoms with Crippen LogP contribution < -0.4 is 5.32 Å². The summed E-state index contributed by atoms with van der Waals surface area (Å²) in [5.74, 6) is 2.49. The summed E-state index contributed by atoms with van der Waals surface area (Å²) in [6.45, 7) is 2.04. The minimum atomic E-state index is -0.466. The molecule has 1 aliphatic heterocycles. The minimum absolute atomic E-state index is 0.218. The molecule has 3 heterocycles. The van der Waals surface area contributed by atoms with E-state index in [1.165, 1.54) is 13.5 Å². The molecule has 1 atom stereocenters. The summed E-state index contributed by atoms with van der Waals surface area (Å²) in [5.41, 5.74) is 0. The Morgan fingerprint density at radius 1 is 1.52 bits per heavy atom. The van der Waals surface area contributed by atoms with Gasteiger partial charge in [0.2, 0.25) is 5.76 Å². The number of piperidine rings is 1. The highest BCUT2D eigenvalue weighted by molar-refractivity contribution is 7.98. The molecule has 7 nitrogen and oxygen atoms in total. The molecule has 2 aromatic rings. The predicted octanol–water partition coefficient (Wildman–Crippen LogP) is 1.95. The number of thioether (sulfide) groups is 1. The maximum absolute atomic E-state index is 11.4. The smallest absolute Gasteiger partial charge is 0.373 e. The van der Waals surface area contributed by atoms with E-state index in [2.05, 4.69) is 20.3 Å². The second kappa shape index (κ2) is 7.18. The highest BCUT2D eigenvalue weighted by Gasteiger charge is 2.22. The lowest BCUT2D eigenvalue weighted by Gasteiger charge is -2.21. The summed E-state index contributed by atoms with van der Waals surface area (Å²) >= 11 is 1.54. The van der Waals surface area contributed by atoms with Crippen molar-refractivity contribution < 1.29 is 13.9 Å². The Morgan fingerprint density at radius 3 is 3.13 bits per heavy atom. The first-order valence-corrected chi connectivity index (χ1v) is 8.57. The Balaban J connectivity index is 1.63. The Hall–Kier alpha value is -1.80. The van der Waals surface area contributed by atoms with Crippen LogP contribution >= 0.6 is 11.8 Å². The van der Waals surface area contributed by atoms with E-state index < -0.39 is 5.97 Å². The Morgan fingerprint density at radius 2 is 2.39 bits per heavy atom. The molecule has 1 aliphatic rings. The van der Waals surface area contributed by atoms with Crippen LogP contribution in [0.4, 0.5) is 0 Å². The van der Waals surface area contributed by atoms with Crippen LogP contribution in [0.3, 0.4) is 0 Å². The van der Waals surface area contributed by atoms with Crippen LogP contribution in [0, 0.1) is 0 Å². The number of carbonyl (C=O) groups is 1. The number of nitrogens with zero attached hydrogens (tertiary/aromatic N) is 3. The van der Waals surface area contributed by atoms with Gasteiger partial charge < -0.3 is 19.0 Å². The first-order chi connectivity index (χ1) is 11.2. The number of aromatic nitrogens is 3. The van der Waals surface area contributed by atoms with Crippen LogP contribution in [0.1, 0.15) is 40.9 Å². The number of esters is 1. The maximum Gasteiger partial charge on any atom is 0.373 e. The zero-order chi connectivity index (χ0) is 16.2. The van der Waals surface area contributed by atoms with Gasteiger partial charge in [0.25, 0.3) is 0 Å². The van der Waals surface area contributed by atoms with Crippen molar-refractivity contribution in [2.24, 2.45) is 7.05 Å². The van der Waals surface area contributed by atoms with Crippen molar-refractivity contribution in [1.82, 2.24) is 20.1 Å². The normalized spacial score (nSPS) is 18.1. The van der Waals surface area contributed by atoms with Gasteiger partial charge in [-0.15, -0.1) is 10.2 Å². The van der Waals surface area contributed by atoms with E-state index >= 15 is 0 Å². The SMILES string of the molecule is COC(=O)c1ccc(CSc2nnc(C3CCCNC3)n2C)o1. The average Bonchev–Trinajstić information content (AvgIpc) is 3.20. The van der Waals surface area contributed by atoms with Crippen LogP contribution in [-0.2, 0) is 17.5 Å². The third kappa shape index (κ3) is 3.59. The lowest BCUT2D eigenvalue weighted by Crippen LogP contribution is -2.29. The average molecular weight is 336 g/mol. The van der Waals surface area contributed by atoms with Gasteiger partial charge in [-0.3, -0.25) is 0 Å². The minimum Gasteiger partial charge on any atom is -0.463 e. The van der Waals surface area contributed by atoms with E-state index in [-0.39, 0.29) is 5.76 Å². The van der Waals surface area contributed by atoms with E-state index in [0.29, 0.717) is 17.4 Å². The maximum atomic E-state index is 11.4. The molecule has 1 saturated heterocycles. The number of furan rings is 1. The van der Waals surface area contributed by atoms with E-state index in [4.69, 9.17) is 4.42 Å². The largest absolute Gasteiger partial charge is 0.463 e. The molecule has 0 bridgehead atoms. The van der Waals surface area contributed by atoms with Crippen LogP contribution in [0.2, 0.25) is 0 Å². The fourth-order valence-corrected chi connectivity index (χ4v) is 3.49. The third-order valence-electron chi connectivity index (χ3n) is 3.92. The van der Waals surface area contributed by atoms with Crippen LogP contribution in [0.15, 0.2) is 21.7 Å². The van der Waals surface area contributed by atoms with Crippen LogP contribution in [0.25, 0.3) is 0 Å². The summed E-state index contributed by atoms with van der Waals surface area (Å²) in [6, 6.07) is 3.40. The van der Waals surface area contributed by atoms with Gasteiger partial charge >= 0.3 is 5.97 Å². The molecule has 3 rings (SSSR count). The lowest BCUT2D eigenvalue weighted by molar-refractivity contribution is 0.0563. The summed E-state index contributed by atoms with van der Waals surface area (Å²) < 4.78 is 12.1. The zero-order valence-corrected chi connectivity index (χ0v) is 14.1. The van der Waals surface area contributed by atoms with Gasteiger partial charge in [-0.1, -0.05) is 11.8 Å². The number of hydrogen-bond donors (Lipinski definition) is 1. The first kappa shape index (κ1) is 16.1. The third-order valence-corrected chi connectivity index (χ3v) is 4.96. The molecule has 0 radical (unpaired) electrons. The standard InChI is InChI=1S/C15H20N4O3S/c1-19-13(10-4-3-7-16-8-10)17-18-15(19)23-9-11-5-6-12(22-11)14(20)21-2/h5-6,10,16H,3-4,7-9H2,1-2H3. The zero-order valence-electron chi connectivity index (χ0n) is 13.2. The van der Waals surface area contributed by atoms with Crippen LogP contribution in [0.5, 0.6) is 0 Å². The molecule has 23 heavy (non-hydrogen) atoms. The first-order valence-electron chi connectivity index (χ1n) is 7.59. The number of hydrogen-bond acceptors (Lipinski definition) is 7. The van der Waals surface area contributed by atoms with Gasteiger partial charge in [0.05, 0.1) is 12.9 Å². The molecule has 8 heteroatoms. The fraction of sp³-hybridized carbons (Fsp3) is 0.533. The topological polar surface area (TPSA) is 82.2 Å². The number of ether oxygens (including phenoxy) is 1. The van der Waals surface area contributed by atoms with Gasteiger partial charge in [0.15, 0.2) is 5.16 Å². The molecule has 0 spiro atoms. The fourth-order valence-electron chi connectivity index (χ4n) is 2.68. The van der Waals surface area contributed by atoms with Crippen molar-refractivity contribution >= 4 is 17.7 Å².